The van der Waals surface area contributed by atoms with Crippen molar-refractivity contribution in [2.24, 2.45) is 0 Å². The zero-order chi connectivity index (χ0) is 8.65. The average Bonchev–Trinajstić information content (AvgIpc) is 2.57. The molecule has 0 atom stereocenters. The normalized spacial score (nSPS) is 11.1. The monoisotopic (exact) mass is 180 g/mol. The molecule has 0 N–H and O–H groups in total. The molecule has 12 heavy (non-hydrogen) atoms. The summed E-state index contributed by atoms with van der Waals surface area (Å²) < 4.78 is 0. The molecule has 0 aliphatic heterocycles. The summed E-state index contributed by atoms with van der Waals surface area (Å²) in [6, 6.07) is 2.15. The lowest BCUT2D eigenvalue weighted by atomic mass is 10.2. The van der Waals surface area contributed by atoms with Crippen molar-refractivity contribution in [1.82, 2.24) is 0 Å². The van der Waals surface area contributed by atoms with Crippen molar-refractivity contribution >= 4 is 17.4 Å². The van der Waals surface area contributed by atoms with E-state index in [1.54, 1.807) is 11.3 Å². The fourth-order valence-corrected chi connectivity index (χ4v) is 1.73. The summed E-state index contributed by atoms with van der Waals surface area (Å²) in [5.41, 5.74) is 1.34. The minimum atomic E-state index is 1.23. The molecule has 1 heteroatoms. The molecule has 0 saturated heterocycles. The molecule has 0 spiro atoms. The van der Waals surface area contributed by atoms with Gasteiger partial charge in [0.1, 0.15) is 0 Å². The van der Waals surface area contributed by atoms with Gasteiger partial charge in [-0.05, 0) is 35.2 Å². The molecule has 1 rings (SSSR count). The third-order valence-corrected chi connectivity index (χ3v) is 2.53. The zero-order valence-corrected chi connectivity index (χ0v) is 8.44. The summed E-state index contributed by atoms with van der Waals surface area (Å²) >= 11 is 1.76. The van der Waals surface area contributed by atoms with Crippen LogP contribution in [0.3, 0.4) is 0 Å². The van der Waals surface area contributed by atoms with E-state index >= 15 is 0 Å². The predicted octanol–water partition coefficient (Wildman–Crippen LogP) is 4.34. The second-order valence-electron chi connectivity index (χ2n) is 2.95. The quantitative estimate of drug-likeness (QED) is 0.591. The Kier molecular flexibility index (Phi) is 4.77. The first-order chi connectivity index (χ1) is 5.93. The molecule has 0 amide bonds. The van der Waals surface area contributed by atoms with Crippen LogP contribution in [0.4, 0.5) is 0 Å². The van der Waals surface area contributed by atoms with Crippen LogP contribution in [0.2, 0.25) is 0 Å². The molecular weight excluding hydrogens is 164 g/mol. The van der Waals surface area contributed by atoms with Crippen molar-refractivity contribution < 1.29 is 0 Å². The van der Waals surface area contributed by atoms with Crippen molar-refractivity contribution in [3.8, 4) is 0 Å². The Balaban J connectivity index is 2.14. The van der Waals surface area contributed by atoms with E-state index in [4.69, 9.17) is 0 Å². The van der Waals surface area contributed by atoms with Crippen LogP contribution in [0.1, 0.15) is 38.2 Å². The summed E-state index contributed by atoms with van der Waals surface area (Å²) in [6.07, 6.45) is 9.71. The summed E-state index contributed by atoms with van der Waals surface area (Å²) in [5.74, 6) is 0. The number of thiophene rings is 1. The summed E-state index contributed by atoms with van der Waals surface area (Å²) in [4.78, 5) is 0. The van der Waals surface area contributed by atoms with Gasteiger partial charge in [-0.1, -0.05) is 31.9 Å². The Bertz CT molecular complexity index is 209. The standard InChI is InChI=1S/C11H16S/c1-2-3-4-5-6-7-11-8-9-12-10-11/h6-10H,2-5H2,1H3/b7-6-. The minimum Gasteiger partial charge on any atom is -0.152 e. The van der Waals surface area contributed by atoms with Crippen LogP contribution in [0, 0.1) is 0 Å². The first-order valence-corrected chi connectivity index (χ1v) is 5.56. The number of unbranched alkanes of at least 4 members (excludes halogenated alkanes) is 3. The van der Waals surface area contributed by atoms with E-state index in [0.29, 0.717) is 0 Å². The molecule has 1 aromatic heterocycles. The van der Waals surface area contributed by atoms with Crippen LogP contribution in [-0.2, 0) is 0 Å². The van der Waals surface area contributed by atoms with Crippen molar-refractivity contribution in [1.29, 1.82) is 0 Å². The number of hydrogen-bond acceptors (Lipinski definition) is 1. The van der Waals surface area contributed by atoms with Gasteiger partial charge in [-0.15, -0.1) is 0 Å². The maximum absolute atomic E-state index is 2.28. The lowest BCUT2D eigenvalue weighted by Gasteiger charge is -1.90. The summed E-state index contributed by atoms with van der Waals surface area (Å²) in [6.45, 7) is 2.24. The SMILES string of the molecule is CCCCC/C=C\c1ccsc1. The van der Waals surface area contributed by atoms with Crippen molar-refractivity contribution in [3.05, 3.63) is 28.5 Å². The molecule has 0 bridgehead atoms. The summed E-state index contributed by atoms with van der Waals surface area (Å²) in [7, 11) is 0. The molecule has 1 heterocycles. The van der Waals surface area contributed by atoms with Gasteiger partial charge >= 0.3 is 0 Å². The van der Waals surface area contributed by atoms with Gasteiger partial charge in [0, 0.05) is 0 Å². The van der Waals surface area contributed by atoms with Gasteiger partial charge in [-0.25, -0.2) is 0 Å². The minimum absolute atomic E-state index is 1.23. The van der Waals surface area contributed by atoms with E-state index in [1.165, 1.54) is 31.2 Å². The molecule has 0 aliphatic rings. The van der Waals surface area contributed by atoms with E-state index < -0.39 is 0 Å². The Hall–Kier alpha value is -0.560. The van der Waals surface area contributed by atoms with Gasteiger partial charge in [0.05, 0.1) is 0 Å². The van der Waals surface area contributed by atoms with Crippen LogP contribution in [0.15, 0.2) is 22.9 Å². The first-order valence-electron chi connectivity index (χ1n) is 4.62. The van der Waals surface area contributed by atoms with Gasteiger partial charge < -0.3 is 0 Å². The summed E-state index contributed by atoms with van der Waals surface area (Å²) in [5, 5.41) is 4.29. The molecule has 0 fully saturated rings. The van der Waals surface area contributed by atoms with E-state index in [1.807, 2.05) is 0 Å². The Morgan fingerprint density at radius 2 is 2.33 bits per heavy atom. The van der Waals surface area contributed by atoms with Crippen LogP contribution < -0.4 is 0 Å². The zero-order valence-electron chi connectivity index (χ0n) is 7.62. The van der Waals surface area contributed by atoms with Gasteiger partial charge in [0.15, 0.2) is 0 Å². The first kappa shape index (κ1) is 9.53. The molecule has 0 nitrogen and oxygen atoms in total. The molecule has 0 radical (unpaired) electrons. The molecule has 1 aromatic rings. The molecule has 66 valence electrons. The van der Waals surface area contributed by atoms with E-state index in [9.17, 15) is 0 Å². The maximum atomic E-state index is 2.28. The van der Waals surface area contributed by atoms with Gasteiger partial charge in [-0.2, -0.15) is 11.3 Å². The van der Waals surface area contributed by atoms with Crippen LogP contribution >= 0.6 is 11.3 Å². The Labute approximate surface area is 78.9 Å². The Morgan fingerprint density at radius 3 is 3.00 bits per heavy atom. The van der Waals surface area contributed by atoms with E-state index in [0.717, 1.165) is 0 Å². The second-order valence-corrected chi connectivity index (χ2v) is 3.73. The molecule has 0 saturated carbocycles. The molecule has 0 unspecified atom stereocenters. The average molecular weight is 180 g/mol. The van der Waals surface area contributed by atoms with Crippen molar-refractivity contribution in [2.75, 3.05) is 0 Å². The highest BCUT2D eigenvalue weighted by Gasteiger charge is 1.84. The highest BCUT2D eigenvalue weighted by molar-refractivity contribution is 7.08. The van der Waals surface area contributed by atoms with Crippen molar-refractivity contribution in [2.45, 2.75) is 32.6 Å². The smallest absolute Gasteiger partial charge is 0.00209 e. The third kappa shape index (κ3) is 3.72. The maximum Gasteiger partial charge on any atom is -0.00209 e. The second kappa shape index (κ2) is 6.01. The van der Waals surface area contributed by atoms with Crippen LogP contribution in [0.25, 0.3) is 6.08 Å². The van der Waals surface area contributed by atoms with Gasteiger partial charge in [-0.3, -0.25) is 0 Å². The van der Waals surface area contributed by atoms with E-state index in [2.05, 4.69) is 35.9 Å². The number of allylic oxidation sites excluding steroid dienone is 1. The highest BCUT2D eigenvalue weighted by atomic mass is 32.1. The number of rotatable bonds is 5. The third-order valence-electron chi connectivity index (χ3n) is 1.83. The van der Waals surface area contributed by atoms with Gasteiger partial charge in [0.2, 0.25) is 0 Å². The van der Waals surface area contributed by atoms with Crippen molar-refractivity contribution in [3.63, 3.8) is 0 Å². The Morgan fingerprint density at radius 1 is 1.42 bits per heavy atom. The lowest BCUT2D eigenvalue weighted by Crippen LogP contribution is -1.70. The van der Waals surface area contributed by atoms with Crippen LogP contribution in [0.5, 0.6) is 0 Å². The fourth-order valence-electron chi connectivity index (χ4n) is 1.10. The van der Waals surface area contributed by atoms with E-state index in [-0.39, 0.29) is 0 Å². The largest absolute Gasteiger partial charge is 0.152 e. The highest BCUT2D eigenvalue weighted by Crippen LogP contribution is 2.09. The molecule has 0 aliphatic carbocycles. The molecular formula is C11H16S. The fraction of sp³-hybridized carbons (Fsp3) is 0.455. The number of hydrogen-bond donors (Lipinski definition) is 0. The lowest BCUT2D eigenvalue weighted by molar-refractivity contribution is 0.730. The van der Waals surface area contributed by atoms with Crippen LogP contribution in [-0.4, -0.2) is 0 Å². The predicted molar refractivity (Wildman–Crippen MR) is 57.5 cm³/mol. The molecule has 0 aromatic carbocycles. The van der Waals surface area contributed by atoms with Gasteiger partial charge in [0.25, 0.3) is 0 Å². The topological polar surface area (TPSA) is 0 Å².